The van der Waals surface area contributed by atoms with Gasteiger partial charge in [-0.2, -0.15) is 0 Å². The Bertz CT molecular complexity index is 1080. The third-order valence-corrected chi connectivity index (χ3v) is 3.84. The summed E-state index contributed by atoms with van der Waals surface area (Å²) < 4.78 is 0. The minimum absolute atomic E-state index is 0.229. The molecule has 0 spiro atoms. The number of H-pyrrole nitrogens is 2. The maximum atomic E-state index is 12.1. The first-order valence-corrected chi connectivity index (χ1v) is 7.94. The van der Waals surface area contributed by atoms with Gasteiger partial charge in [0.1, 0.15) is 0 Å². The number of aromatic nitrogens is 4. The van der Waals surface area contributed by atoms with Gasteiger partial charge in [0, 0.05) is 30.7 Å². The average Bonchev–Trinajstić information content (AvgIpc) is 3.28. The van der Waals surface area contributed by atoms with Gasteiger partial charge in [-0.05, 0) is 18.2 Å². The molecule has 0 saturated heterocycles. The fraction of sp³-hybridized carbons (Fsp3) is 0.105. The quantitative estimate of drug-likeness (QED) is 0.399. The third-order valence-electron chi connectivity index (χ3n) is 3.84. The van der Waals surface area contributed by atoms with Gasteiger partial charge in [-0.15, -0.1) is 0 Å². The summed E-state index contributed by atoms with van der Waals surface area (Å²) >= 11 is 0. The summed E-state index contributed by atoms with van der Waals surface area (Å²) in [5.74, 6) is 6.26. The molecule has 3 N–H and O–H groups in total. The summed E-state index contributed by atoms with van der Waals surface area (Å²) in [6.07, 6.45) is 5.93. The van der Waals surface area contributed by atoms with Crippen molar-refractivity contribution in [3.05, 3.63) is 60.3 Å². The second-order valence-electron chi connectivity index (χ2n) is 5.54. The number of benzene rings is 1. The topological polar surface area (TPSA) is 86.5 Å². The molecule has 0 saturated carbocycles. The molecule has 1 amide bonds. The van der Waals surface area contributed by atoms with E-state index in [0.717, 1.165) is 27.5 Å². The van der Waals surface area contributed by atoms with Crippen molar-refractivity contribution in [3.8, 4) is 11.8 Å². The molecule has 122 valence electrons. The molecule has 0 aliphatic heterocycles. The Morgan fingerprint density at radius 2 is 2.08 bits per heavy atom. The van der Waals surface area contributed by atoms with Crippen LogP contribution in [0, 0.1) is 11.8 Å². The van der Waals surface area contributed by atoms with E-state index in [1.807, 2.05) is 36.5 Å². The van der Waals surface area contributed by atoms with Crippen LogP contribution < -0.4 is 5.32 Å². The minimum atomic E-state index is -0.229. The number of para-hydroxylation sites is 2. The van der Waals surface area contributed by atoms with Crippen LogP contribution in [0.25, 0.3) is 21.9 Å². The van der Waals surface area contributed by atoms with Crippen molar-refractivity contribution in [3.63, 3.8) is 0 Å². The smallest absolute Gasteiger partial charge is 0.287 e. The van der Waals surface area contributed by atoms with Crippen LogP contribution in [0.4, 0.5) is 0 Å². The number of fused-ring (bicyclic) bond motifs is 2. The predicted octanol–water partition coefficient (Wildman–Crippen LogP) is 2.61. The SMILES string of the molecule is O=C(NCCC#Cc1cncc2[nH]ccc12)c1nc2ccccc2[nH]1. The lowest BCUT2D eigenvalue weighted by Crippen LogP contribution is -2.25. The standard InChI is InChI=1S/C19H15N5O/c25-19(18-23-15-6-1-2-7-16(15)24-18)22-9-4-3-5-13-11-20-12-17-14(13)8-10-21-17/h1-2,6-8,10-12,21H,4,9H2,(H,22,25)(H,23,24). The van der Waals surface area contributed by atoms with Gasteiger partial charge >= 0.3 is 0 Å². The van der Waals surface area contributed by atoms with Crippen LogP contribution in [0.3, 0.4) is 0 Å². The van der Waals surface area contributed by atoms with Crippen LogP contribution in [0.2, 0.25) is 0 Å². The minimum Gasteiger partial charge on any atom is -0.360 e. The van der Waals surface area contributed by atoms with Crippen molar-refractivity contribution >= 4 is 27.8 Å². The highest BCUT2D eigenvalue weighted by Gasteiger charge is 2.09. The van der Waals surface area contributed by atoms with Gasteiger partial charge in [0.15, 0.2) is 5.82 Å². The fourth-order valence-corrected chi connectivity index (χ4v) is 2.62. The first-order valence-electron chi connectivity index (χ1n) is 7.94. The number of rotatable bonds is 3. The first-order chi connectivity index (χ1) is 12.3. The monoisotopic (exact) mass is 329 g/mol. The normalized spacial score (nSPS) is 10.6. The Morgan fingerprint density at radius 3 is 3.00 bits per heavy atom. The third kappa shape index (κ3) is 3.08. The lowest BCUT2D eigenvalue weighted by molar-refractivity contribution is 0.0945. The van der Waals surface area contributed by atoms with Crippen LogP contribution in [-0.4, -0.2) is 32.4 Å². The maximum absolute atomic E-state index is 12.1. The molecule has 6 heteroatoms. The number of carbonyl (C=O) groups is 1. The number of amides is 1. The molecule has 4 rings (SSSR count). The van der Waals surface area contributed by atoms with Crippen molar-refractivity contribution in [1.82, 2.24) is 25.3 Å². The Morgan fingerprint density at radius 1 is 1.16 bits per heavy atom. The molecule has 25 heavy (non-hydrogen) atoms. The van der Waals surface area contributed by atoms with Crippen molar-refractivity contribution < 1.29 is 4.79 Å². The second-order valence-corrected chi connectivity index (χ2v) is 5.54. The Balaban J connectivity index is 1.37. The summed E-state index contributed by atoms with van der Waals surface area (Å²) in [6, 6.07) is 9.52. The van der Waals surface area contributed by atoms with Gasteiger partial charge < -0.3 is 15.3 Å². The van der Waals surface area contributed by atoms with Gasteiger partial charge in [0.2, 0.25) is 0 Å². The molecular weight excluding hydrogens is 314 g/mol. The first kappa shape index (κ1) is 15.0. The molecule has 4 aromatic rings. The molecular formula is C19H15N5O. The number of hydrogen-bond acceptors (Lipinski definition) is 3. The molecule has 0 atom stereocenters. The molecule has 3 aromatic heterocycles. The summed E-state index contributed by atoms with van der Waals surface area (Å²) in [4.78, 5) is 26.7. The largest absolute Gasteiger partial charge is 0.360 e. The fourth-order valence-electron chi connectivity index (χ4n) is 2.62. The van der Waals surface area contributed by atoms with E-state index in [0.29, 0.717) is 18.8 Å². The van der Waals surface area contributed by atoms with Gasteiger partial charge in [0.05, 0.1) is 28.3 Å². The number of aromatic amines is 2. The van der Waals surface area contributed by atoms with Crippen LogP contribution in [0.1, 0.15) is 22.6 Å². The van der Waals surface area contributed by atoms with E-state index < -0.39 is 0 Å². The molecule has 0 unspecified atom stereocenters. The van der Waals surface area contributed by atoms with Crippen LogP contribution in [0.5, 0.6) is 0 Å². The van der Waals surface area contributed by atoms with Crippen LogP contribution in [-0.2, 0) is 0 Å². The molecule has 0 radical (unpaired) electrons. The molecule has 6 nitrogen and oxygen atoms in total. The Labute approximate surface area is 143 Å². The molecule has 3 heterocycles. The summed E-state index contributed by atoms with van der Waals surface area (Å²) in [6.45, 7) is 0.458. The van der Waals surface area contributed by atoms with E-state index in [1.54, 1.807) is 12.4 Å². The summed E-state index contributed by atoms with van der Waals surface area (Å²) in [5.41, 5.74) is 3.46. The summed E-state index contributed by atoms with van der Waals surface area (Å²) in [7, 11) is 0. The van der Waals surface area contributed by atoms with E-state index >= 15 is 0 Å². The predicted molar refractivity (Wildman–Crippen MR) is 96.0 cm³/mol. The molecule has 0 aliphatic carbocycles. The highest BCUT2D eigenvalue weighted by atomic mass is 16.2. The molecule has 1 aromatic carbocycles. The van der Waals surface area contributed by atoms with E-state index in [2.05, 4.69) is 37.1 Å². The number of hydrogen-bond donors (Lipinski definition) is 3. The van der Waals surface area contributed by atoms with E-state index in [4.69, 9.17) is 0 Å². The Hall–Kier alpha value is -3.59. The van der Waals surface area contributed by atoms with Crippen molar-refractivity contribution in [1.29, 1.82) is 0 Å². The number of nitrogens with zero attached hydrogens (tertiary/aromatic N) is 2. The number of carbonyl (C=O) groups excluding carboxylic acids is 1. The van der Waals surface area contributed by atoms with E-state index in [9.17, 15) is 4.79 Å². The average molecular weight is 329 g/mol. The Kier molecular flexibility index (Phi) is 3.89. The van der Waals surface area contributed by atoms with Gasteiger partial charge in [-0.25, -0.2) is 4.98 Å². The second kappa shape index (κ2) is 6.49. The molecule has 0 bridgehead atoms. The van der Waals surface area contributed by atoms with Gasteiger partial charge in [0.25, 0.3) is 5.91 Å². The van der Waals surface area contributed by atoms with Crippen molar-refractivity contribution in [2.24, 2.45) is 0 Å². The highest BCUT2D eigenvalue weighted by Crippen LogP contribution is 2.14. The number of imidazole rings is 1. The van der Waals surface area contributed by atoms with E-state index in [-0.39, 0.29) is 5.91 Å². The molecule has 0 fully saturated rings. The lowest BCUT2D eigenvalue weighted by atomic mass is 10.2. The van der Waals surface area contributed by atoms with Crippen LogP contribution in [0.15, 0.2) is 48.9 Å². The van der Waals surface area contributed by atoms with E-state index in [1.165, 1.54) is 0 Å². The lowest BCUT2D eigenvalue weighted by Gasteiger charge is -1.98. The van der Waals surface area contributed by atoms with Gasteiger partial charge in [-0.1, -0.05) is 24.0 Å². The zero-order valence-corrected chi connectivity index (χ0v) is 13.3. The number of pyridine rings is 1. The maximum Gasteiger partial charge on any atom is 0.287 e. The highest BCUT2D eigenvalue weighted by molar-refractivity contribution is 5.94. The van der Waals surface area contributed by atoms with Crippen LogP contribution >= 0.6 is 0 Å². The molecule has 0 aliphatic rings. The summed E-state index contributed by atoms with van der Waals surface area (Å²) in [5, 5.41) is 3.87. The van der Waals surface area contributed by atoms with Crippen molar-refractivity contribution in [2.45, 2.75) is 6.42 Å². The van der Waals surface area contributed by atoms with Crippen molar-refractivity contribution in [2.75, 3.05) is 6.54 Å². The number of nitrogens with one attached hydrogen (secondary N) is 3. The zero-order chi connectivity index (χ0) is 17.1. The zero-order valence-electron chi connectivity index (χ0n) is 13.3. The van der Waals surface area contributed by atoms with Gasteiger partial charge in [-0.3, -0.25) is 9.78 Å².